The maximum atomic E-state index is 13.4. The summed E-state index contributed by atoms with van der Waals surface area (Å²) in [5, 5.41) is 87.6. The number of hydrogen-bond acceptors (Lipinski definition) is 13. The van der Waals surface area contributed by atoms with Gasteiger partial charge in [0.2, 0.25) is 5.91 Å². The molecule has 0 spiro atoms. The summed E-state index contributed by atoms with van der Waals surface area (Å²) in [7, 11) is 0. The first-order valence-corrected chi connectivity index (χ1v) is 38.9. The summed E-state index contributed by atoms with van der Waals surface area (Å²) >= 11 is 0. The van der Waals surface area contributed by atoms with Crippen LogP contribution in [0.15, 0.2) is 12.2 Å². The van der Waals surface area contributed by atoms with Crippen molar-refractivity contribution in [2.75, 3.05) is 19.8 Å². The third-order valence-electron chi connectivity index (χ3n) is 19.5. The highest BCUT2D eigenvalue weighted by molar-refractivity contribution is 5.76. The lowest BCUT2D eigenvalue weighted by molar-refractivity contribution is -0.359. The van der Waals surface area contributed by atoms with Crippen LogP contribution >= 0.6 is 0 Å². The average Bonchev–Trinajstić information content (AvgIpc) is 2.49. The van der Waals surface area contributed by atoms with E-state index < -0.39 is 86.8 Å². The molecule has 14 heteroatoms. The van der Waals surface area contributed by atoms with Crippen LogP contribution in [0.5, 0.6) is 0 Å². The number of nitrogens with one attached hydrogen (secondary N) is 1. The van der Waals surface area contributed by atoms with Gasteiger partial charge in [-0.2, -0.15) is 0 Å². The lowest BCUT2D eigenvalue weighted by atomic mass is 9.97. The molecule has 2 rings (SSSR count). The van der Waals surface area contributed by atoms with Crippen LogP contribution in [0.4, 0.5) is 0 Å². The monoisotopic (exact) mass is 1280 g/mol. The van der Waals surface area contributed by atoms with Crippen molar-refractivity contribution in [3.63, 3.8) is 0 Å². The zero-order chi connectivity index (χ0) is 65.2. The molecule has 90 heavy (non-hydrogen) atoms. The standard InChI is InChI=1S/C76H147NO13/c1-3-5-7-9-11-13-15-17-19-21-23-25-27-29-31-33-35-37-39-41-43-45-47-49-51-53-55-57-59-65(80)64(63-87-75-73(86)71(84)74(67(62-79)89-75)90-76-72(85)70(83)69(82)66(61-78)88-76)77-68(81)60-58-56-54-52-50-48-46-44-42-40-38-36-34-32-30-28-26-24-22-20-18-16-14-12-10-8-6-4-2/h57,59,64-67,69-76,78-80,82-86H,3-56,58,60-63H2,1-2H3,(H,77,81)/b59-57+. The molecule has 0 aromatic heterocycles. The van der Waals surface area contributed by atoms with E-state index in [2.05, 4.69) is 19.2 Å². The molecule has 0 aliphatic carbocycles. The van der Waals surface area contributed by atoms with Crippen molar-refractivity contribution in [2.24, 2.45) is 0 Å². The van der Waals surface area contributed by atoms with Gasteiger partial charge in [0, 0.05) is 6.42 Å². The number of carbonyl (C=O) groups excluding carboxylic acids is 1. The number of carbonyl (C=O) groups is 1. The number of unbranched alkanes of at least 4 members (excludes halogenated alkanes) is 53. The molecule has 2 heterocycles. The van der Waals surface area contributed by atoms with Gasteiger partial charge in [-0.05, 0) is 19.3 Å². The molecule has 2 aliphatic heterocycles. The molecule has 0 saturated carbocycles. The van der Waals surface area contributed by atoms with Crippen molar-refractivity contribution in [3.8, 4) is 0 Å². The van der Waals surface area contributed by atoms with Gasteiger partial charge in [-0.25, -0.2) is 0 Å². The molecule has 2 aliphatic rings. The van der Waals surface area contributed by atoms with Crippen molar-refractivity contribution < 1.29 is 64.6 Å². The third kappa shape index (κ3) is 44.5. The molecule has 2 fully saturated rings. The smallest absolute Gasteiger partial charge is 0.220 e. The molecule has 2 saturated heterocycles. The van der Waals surface area contributed by atoms with E-state index in [9.17, 15) is 45.6 Å². The Balaban J connectivity index is 1.63. The summed E-state index contributed by atoms with van der Waals surface area (Å²) in [6.45, 7) is 2.88. The van der Waals surface area contributed by atoms with Crippen molar-refractivity contribution in [2.45, 2.75) is 447 Å². The molecule has 0 aromatic carbocycles. The van der Waals surface area contributed by atoms with E-state index in [-0.39, 0.29) is 18.9 Å². The van der Waals surface area contributed by atoms with E-state index >= 15 is 0 Å². The Morgan fingerprint density at radius 2 is 0.689 bits per heavy atom. The van der Waals surface area contributed by atoms with Gasteiger partial charge in [-0.3, -0.25) is 4.79 Å². The second kappa shape index (κ2) is 61.3. The SMILES string of the molecule is CCCCCCCCCCCCCCCCCCCCCCCCCCCC/C=C/C(O)C(COC1OC(CO)C(OC2OC(CO)C(O)C(O)C2O)C(O)C1O)NC(=O)CCCCCCCCCCCCCCCCCCCCCCCCCCCCCC. The van der Waals surface area contributed by atoms with Crippen LogP contribution in [-0.4, -0.2) is 140 Å². The Morgan fingerprint density at radius 1 is 0.389 bits per heavy atom. The first-order chi connectivity index (χ1) is 44.1. The number of aliphatic hydroxyl groups excluding tert-OH is 8. The van der Waals surface area contributed by atoms with Crippen LogP contribution in [0.25, 0.3) is 0 Å². The Bertz CT molecular complexity index is 1560. The zero-order valence-electron chi connectivity index (χ0n) is 58.4. The predicted octanol–water partition coefficient (Wildman–Crippen LogP) is 16.9. The minimum Gasteiger partial charge on any atom is -0.394 e. The van der Waals surface area contributed by atoms with Gasteiger partial charge < -0.3 is 65.1 Å². The first-order valence-electron chi connectivity index (χ1n) is 38.9. The van der Waals surface area contributed by atoms with Gasteiger partial charge in [0.15, 0.2) is 12.6 Å². The molecular weight excluding hydrogens is 1130 g/mol. The van der Waals surface area contributed by atoms with Gasteiger partial charge in [0.05, 0.1) is 32.0 Å². The van der Waals surface area contributed by atoms with Gasteiger partial charge in [-0.1, -0.05) is 360 Å². The highest BCUT2D eigenvalue weighted by Crippen LogP contribution is 2.30. The van der Waals surface area contributed by atoms with E-state index in [1.807, 2.05) is 6.08 Å². The summed E-state index contributed by atoms with van der Waals surface area (Å²) < 4.78 is 22.9. The summed E-state index contributed by atoms with van der Waals surface area (Å²) in [5.74, 6) is -0.229. The maximum absolute atomic E-state index is 13.4. The lowest BCUT2D eigenvalue weighted by Crippen LogP contribution is -2.65. The number of rotatable bonds is 66. The van der Waals surface area contributed by atoms with E-state index in [0.717, 1.165) is 44.9 Å². The minimum atomic E-state index is -1.79. The second-order valence-corrected chi connectivity index (χ2v) is 27.9. The minimum absolute atomic E-state index is 0.229. The highest BCUT2D eigenvalue weighted by Gasteiger charge is 2.51. The number of hydrogen-bond donors (Lipinski definition) is 9. The number of amides is 1. The van der Waals surface area contributed by atoms with E-state index in [4.69, 9.17) is 18.9 Å². The number of aliphatic hydroxyl groups is 8. The Kier molecular flexibility index (Phi) is 57.8. The van der Waals surface area contributed by atoms with Crippen LogP contribution in [-0.2, 0) is 23.7 Å². The number of allylic oxidation sites excluding steroid dienone is 1. The van der Waals surface area contributed by atoms with Gasteiger partial charge in [0.25, 0.3) is 0 Å². The molecule has 12 unspecified atom stereocenters. The number of ether oxygens (including phenoxy) is 4. The molecule has 12 atom stereocenters. The van der Waals surface area contributed by atoms with E-state index in [1.54, 1.807) is 6.08 Å². The van der Waals surface area contributed by atoms with Gasteiger partial charge >= 0.3 is 0 Å². The largest absolute Gasteiger partial charge is 0.394 e. The molecular formula is C76H147NO13. The molecule has 0 aromatic rings. The van der Waals surface area contributed by atoms with Crippen LogP contribution in [0.3, 0.4) is 0 Å². The summed E-state index contributed by atoms with van der Waals surface area (Å²) in [5.41, 5.74) is 0. The predicted molar refractivity (Wildman–Crippen MR) is 369 cm³/mol. The van der Waals surface area contributed by atoms with Crippen molar-refractivity contribution >= 4 is 5.91 Å². The summed E-state index contributed by atoms with van der Waals surface area (Å²) in [4.78, 5) is 13.4. The van der Waals surface area contributed by atoms with E-state index in [0.29, 0.717) is 0 Å². The molecule has 14 nitrogen and oxygen atoms in total. The molecule has 0 radical (unpaired) electrons. The normalized spacial score (nSPS) is 22.9. The summed E-state index contributed by atoms with van der Waals surface area (Å²) in [6, 6.07) is -0.912. The fourth-order valence-corrected chi connectivity index (χ4v) is 13.3. The van der Waals surface area contributed by atoms with Gasteiger partial charge in [-0.15, -0.1) is 0 Å². The average molecular weight is 1280 g/mol. The third-order valence-corrected chi connectivity index (χ3v) is 19.5. The fourth-order valence-electron chi connectivity index (χ4n) is 13.3. The van der Waals surface area contributed by atoms with E-state index in [1.165, 1.54) is 308 Å². The molecule has 1 amide bonds. The zero-order valence-corrected chi connectivity index (χ0v) is 58.4. The van der Waals surface area contributed by atoms with Crippen molar-refractivity contribution in [1.29, 1.82) is 0 Å². The van der Waals surface area contributed by atoms with Crippen LogP contribution in [0, 0.1) is 0 Å². The summed E-state index contributed by atoms with van der Waals surface area (Å²) in [6.07, 6.45) is 60.0. The Labute approximate surface area is 552 Å². The Morgan fingerprint density at radius 3 is 1.02 bits per heavy atom. The lowest BCUT2D eigenvalue weighted by Gasteiger charge is -2.46. The highest BCUT2D eigenvalue weighted by atomic mass is 16.7. The van der Waals surface area contributed by atoms with Crippen molar-refractivity contribution in [3.05, 3.63) is 12.2 Å². The van der Waals surface area contributed by atoms with Crippen molar-refractivity contribution in [1.82, 2.24) is 5.32 Å². The maximum Gasteiger partial charge on any atom is 0.220 e. The van der Waals surface area contributed by atoms with Crippen LogP contribution < -0.4 is 5.32 Å². The van der Waals surface area contributed by atoms with Gasteiger partial charge in [0.1, 0.15) is 48.8 Å². The molecule has 9 N–H and O–H groups in total. The van der Waals surface area contributed by atoms with Crippen LogP contribution in [0.1, 0.15) is 373 Å². The van der Waals surface area contributed by atoms with Crippen LogP contribution in [0.2, 0.25) is 0 Å². The topological polar surface area (TPSA) is 228 Å². The second-order valence-electron chi connectivity index (χ2n) is 27.9. The first kappa shape index (κ1) is 84.8. The Hall–Kier alpha value is -1.27. The molecule has 0 bridgehead atoms. The molecule has 534 valence electrons. The fraction of sp³-hybridized carbons (Fsp3) is 0.961. The quantitative estimate of drug-likeness (QED) is 0.0204.